The zero-order chi connectivity index (χ0) is 23.9. The first-order valence-corrected chi connectivity index (χ1v) is 11.2. The fraction of sp³-hybridized carbons (Fsp3) is 0.231. The van der Waals surface area contributed by atoms with Crippen LogP contribution in [0.2, 0.25) is 0 Å². The van der Waals surface area contributed by atoms with Crippen molar-refractivity contribution in [1.29, 1.82) is 0 Å². The van der Waals surface area contributed by atoms with Crippen LogP contribution in [0, 0.1) is 0 Å². The number of nitrogens with one attached hydrogen (secondary N) is 1. The molecule has 0 aliphatic heterocycles. The van der Waals surface area contributed by atoms with Crippen LogP contribution in [0.1, 0.15) is 18.9 Å². The third kappa shape index (κ3) is 5.23. The fourth-order valence-electron chi connectivity index (χ4n) is 3.85. The maximum absolute atomic E-state index is 13.5. The van der Waals surface area contributed by atoms with Gasteiger partial charge in [-0.25, -0.2) is 4.68 Å². The van der Waals surface area contributed by atoms with E-state index < -0.39 is 6.04 Å². The summed E-state index contributed by atoms with van der Waals surface area (Å²) in [6.07, 6.45) is 0.457. The first kappa shape index (κ1) is 23.0. The first-order valence-electron chi connectivity index (χ1n) is 11.2. The lowest BCUT2D eigenvalue weighted by Crippen LogP contribution is -2.47. The molecule has 8 heteroatoms. The number of amides is 2. The smallest absolute Gasteiger partial charge is 0.247 e. The highest BCUT2D eigenvalue weighted by atomic mass is 16.5. The van der Waals surface area contributed by atoms with Crippen molar-refractivity contribution in [2.24, 2.45) is 0 Å². The summed E-state index contributed by atoms with van der Waals surface area (Å²) in [6.45, 7) is 2.19. The molecule has 174 valence electrons. The van der Waals surface area contributed by atoms with E-state index in [1.165, 1.54) is 0 Å². The van der Waals surface area contributed by atoms with E-state index in [1.807, 2.05) is 61.5 Å². The molecular formula is C26H27N5O3. The van der Waals surface area contributed by atoms with E-state index in [0.717, 1.165) is 11.1 Å². The van der Waals surface area contributed by atoms with Gasteiger partial charge in [0.15, 0.2) is 0 Å². The SMILES string of the molecule is CCC(C(=O)Nc1ccc(OC)cc1)N(Cc1ccccc1)C(=O)Cn1nnc2ccccc21. The Balaban J connectivity index is 1.58. The number of carbonyl (C=O) groups is 2. The van der Waals surface area contributed by atoms with Gasteiger partial charge in [0.2, 0.25) is 11.8 Å². The van der Waals surface area contributed by atoms with Crippen molar-refractivity contribution >= 4 is 28.5 Å². The third-order valence-corrected chi connectivity index (χ3v) is 5.64. The summed E-state index contributed by atoms with van der Waals surface area (Å²) in [5, 5.41) is 11.2. The molecule has 0 saturated heterocycles. The monoisotopic (exact) mass is 457 g/mol. The number of para-hydroxylation sites is 1. The van der Waals surface area contributed by atoms with Gasteiger partial charge < -0.3 is 15.0 Å². The number of ether oxygens (including phenoxy) is 1. The van der Waals surface area contributed by atoms with Gasteiger partial charge in [0.1, 0.15) is 23.9 Å². The maximum atomic E-state index is 13.5. The van der Waals surface area contributed by atoms with Crippen molar-refractivity contribution in [3.05, 3.63) is 84.4 Å². The van der Waals surface area contributed by atoms with Crippen molar-refractivity contribution in [2.45, 2.75) is 32.5 Å². The van der Waals surface area contributed by atoms with Crippen LogP contribution >= 0.6 is 0 Å². The molecule has 0 fully saturated rings. The lowest BCUT2D eigenvalue weighted by atomic mass is 10.1. The van der Waals surface area contributed by atoms with E-state index in [9.17, 15) is 9.59 Å². The van der Waals surface area contributed by atoms with Crippen molar-refractivity contribution in [2.75, 3.05) is 12.4 Å². The summed E-state index contributed by atoms with van der Waals surface area (Å²) >= 11 is 0. The Kier molecular flexibility index (Phi) is 7.17. The molecule has 34 heavy (non-hydrogen) atoms. The van der Waals surface area contributed by atoms with E-state index >= 15 is 0 Å². The second kappa shape index (κ2) is 10.6. The lowest BCUT2D eigenvalue weighted by molar-refractivity contribution is -0.140. The molecule has 3 aromatic carbocycles. The Morgan fingerprint density at radius 1 is 1.00 bits per heavy atom. The number of methoxy groups -OCH3 is 1. The molecule has 0 aliphatic rings. The number of carbonyl (C=O) groups excluding carboxylic acids is 2. The third-order valence-electron chi connectivity index (χ3n) is 5.64. The fourth-order valence-corrected chi connectivity index (χ4v) is 3.85. The van der Waals surface area contributed by atoms with E-state index in [2.05, 4.69) is 15.6 Å². The number of nitrogens with zero attached hydrogens (tertiary/aromatic N) is 4. The maximum Gasteiger partial charge on any atom is 0.247 e. The molecule has 1 N–H and O–H groups in total. The van der Waals surface area contributed by atoms with Gasteiger partial charge in [0.25, 0.3) is 0 Å². The van der Waals surface area contributed by atoms with Gasteiger partial charge in [-0.1, -0.05) is 54.6 Å². The molecule has 1 aromatic heterocycles. The average molecular weight is 458 g/mol. The van der Waals surface area contributed by atoms with E-state index in [1.54, 1.807) is 41.0 Å². The van der Waals surface area contributed by atoms with Crippen LogP contribution in [0.15, 0.2) is 78.9 Å². The lowest BCUT2D eigenvalue weighted by Gasteiger charge is -2.30. The van der Waals surface area contributed by atoms with Gasteiger partial charge in [0, 0.05) is 12.2 Å². The molecule has 4 aromatic rings. The molecule has 0 bridgehead atoms. The van der Waals surface area contributed by atoms with E-state index in [0.29, 0.717) is 29.9 Å². The van der Waals surface area contributed by atoms with Gasteiger partial charge in [-0.15, -0.1) is 5.10 Å². The molecule has 0 radical (unpaired) electrons. The van der Waals surface area contributed by atoms with Crippen molar-refractivity contribution in [1.82, 2.24) is 19.9 Å². The number of fused-ring (bicyclic) bond motifs is 1. The standard InChI is InChI=1S/C26H27N5O3/c1-3-23(26(33)27-20-13-15-21(34-2)16-14-20)30(17-19-9-5-4-6-10-19)25(32)18-31-24-12-8-7-11-22(24)28-29-31/h4-16,23H,3,17-18H2,1-2H3,(H,27,33). The number of benzene rings is 3. The quantitative estimate of drug-likeness (QED) is 0.412. The van der Waals surface area contributed by atoms with Gasteiger partial charge in [-0.3, -0.25) is 9.59 Å². The van der Waals surface area contributed by atoms with Crippen LogP contribution in [0.5, 0.6) is 5.75 Å². The number of hydrogen-bond donors (Lipinski definition) is 1. The Labute approximate surface area is 198 Å². The molecule has 4 rings (SSSR count). The number of aromatic nitrogens is 3. The predicted octanol–water partition coefficient (Wildman–Crippen LogP) is 3.89. The number of anilines is 1. The highest BCUT2D eigenvalue weighted by Crippen LogP contribution is 2.19. The molecule has 0 spiro atoms. The largest absolute Gasteiger partial charge is 0.497 e. The normalized spacial score (nSPS) is 11.7. The summed E-state index contributed by atoms with van der Waals surface area (Å²) < 4.78 is 6.75. The second-order valence-electron chi connectivity index (χ2n) is 7.88. The minimum absolute atomic E-state index is 0.0142. The Morgan fingerprint density at radius 2 is 1.71 bits per heavy atom. The zero-order valence-corrected chi connectivity index (χ0v) is 19.2. The Bertz CT molecular complexity index is 1250. The summed E-state index contributed by atoms with van der Waals surface area (Å²) in [5.74, 6) is 0.239. The molecular weight excluding hydrogens is 430 g/mol. The number of hydrogen-bond acceptors (Lipinski definition) is 5. The van der Waals surface area contributed by atoms with Crippen LogP contribution in [0.4, 0.5) is 5.69 Å². The topological polar surface area (TPSA) is 89.4 Å². The summed E-state index contributed by atoms with van der Waals surface area (Å²) in [7, 11) is 1.59. The van der Waals surface area contributed by atoms with Crippen molar-refractivity contribution in [3.63, 3.8) is 0 Å². The first-order chi connectivity index (χ1) is 16.6. The number of rotatable bonds is 9. The summed E-state index contributed by atoms with van der Waals surface area (Å²) in [4.78, 5) is 28.4. The van der Waals surface area contributed by atoms with E-state index in [4.69, 9.17) is 4.74 Å². The van der Waals surface area contributed by atoms with Crippen molar-refractivity contribution < 1.29 is 14.3 Å². The average Bonchev–Trinajstić information content (AvgIpc) is 3.27. The Hall–Kier alpha value is -4.20. The highest BCUT2D eigenvalue weighted by molar-refractivity contribution is 5.97. The molecule has 1 atom stereocenters. The van der Waals surface area contributed by atoms with Crippen LogP contribution in [0.25, 0.3) is 11.0 Å². The van der Waals surface area contributed by atoms with Crippen LogP contribution < -0.4 is 10.1 Å². The molecule has 2 amide bonds. The summed E-state index contributed by atoms with van der Waals surface area (Å²) in [6, 6.07) is 23.6. The molecule has 1 heterocycles. The zero-order valence-electron chi connectivity index (χ0n) is 19.2. The van der Waals surface area contributed by atoms with E-state index in [-0.39, 0.29) is 18.4 Å². The van der Waals surface area contributed by atoms with Gasteiger partial charge in [-0.2, -0.15) is 0 Å². The van der Waals surface area contributed by atoms with Gasteiger partial charge in [0.05, 0.1) is 12.6 Å². The molecule has 0 aliphatic carbocycles. The Morgan fingerprint density at radius 3 is 2.41 bits per heavy atom. The van der Waals surface area contributed by atoms with Crippen molar-refractivity contribution in [3.8, 4) is 5.75 Å². The minimum atomic E-state index is -0.662. The second-order valence-corrected chi connectivity index (χ2v) is 7.88. The molecule has 8 nitrogen and oxygen atoms in total. The molecule has 1 unspecified atom stereocenters. The molecule has 0 saturated carbocycles. The van der Waals surface area contributed by atoms with Gasteiger partial charge in [-0.05, 0) is 48.4 Å². The summed E-state index contributed by atoms with van der Waals surface area (Å²) in [5.41, 5.74) is 3.06. The van der Waals surface area contributed by atoms with Crippen LogP contribution in [-0.2, 0) is 22.7 Å². The minimum Gasteiger partial charge on any atom is -0.497 e. The van der Waals surface area contributed by atoms with Crippen LogP contribution in [-0.4, -0.2) is 44.9 Å². The van der Waals surface area contributed by atoms with Gasteiger partial charge >= 0.3 is 0 Å². The predicted molar refractivity (Wildman–Crippen MR) is 130 cm³/mol. The highest BCUT2D eigenvalue weighted by Gasteiger charge is 2.29. The van der Waals surface area contributed by atoms with Crippen LogP contribution in [0.3, 0.4) is 0 Å².